The van der Waals surface area contributed by atoms with Gasteiger partial charge in [0.1, 0.15) is 11.6 Å². The predicted molar refractivity (Wildman–Crippen MR) is 259 cm³/mol. The first-order chi connectivity index (χ1) is 32.9. The topological polar surface area (TPSA) is 201 Å². The lowest BCUT2D eigenvalue weighted by molar-refractivity contribution is -0.134. The lowest BCUT2D eigenvalue weighted by Crippen LogP contribution is -2.39. The Hall–Kier alpha value is -7.50. The van der Waals surface area contributed by atoms with Crippen LogP contribution in [0.3, 0.4) is 0 Å². The van der Waals surface area contributed by atoms with Crippen LogP contribution in [0.4, 0.5) is 16.6 Å². The number of imide groups is 1. The molecule has 0 radical (unpaired) electrons. The number of anilines is 3. The average molecular weight is 932 g/mol. The standard InChI is InChI=1S/C51H49N9O7S/c1-29-33(34-15-17-43(54-47(34)50(65)66)60-23-20-31-7-5-9-35(38(31)27-60)48(63)56-51-53-39-10-3-4-12-42(39)68-51)8-6-11-41(29)67-24-21-30-19-22-59(26-30)28-45(62)52-32-13-14-36-40(25-32)58(2)57-46(36)37-16-18-44(61)55-49(37)64/h3-15,17,25,30,37H,16,18-24,26-28H2,1-2H3,(H,52,62)(H,65,66)(H,53,56,63)(H,55,61,64)/t30-,37?/m0/s1. The Morgan fingerprint density at radius 2 is 1.76 bits per heavy atom. The highest BCUT2D eigenvalue weighted by Crippen LogP contribution is 2.36. The number of aryl methyl sites for hydroxylation is 1. The highest BCUT2D eigenvalue weighted by atomic mass is 32.1. The third-order valence-electron chi connectivity index (χ3n) is 13.3. The van der Waals surface area contributed by atoms with Crippen LogP contribution in [0.1, 0.15) is 74.8 Å². The van der Waals surface area contributed by atoms with E-state index in [1.54, 1.807) is 17.8 Å². The molecule has 0 saturated carbocycles. The number of likely N-dealkylation sites (tertiary alicyclic amines) is 1. The number of benzene rings is 4. The molecule has 2 atom stereocenters. The van der Waals surface area contributed by atoms with Crippen LogP contribution in [0.25, 0.3) is 32.2 Å². The molecule has 3 aliphatic rings. The van der Waals surface area contributed by atoms with Crippen LogP contribution >= 0.6 is 11.3 Å². The van der Waals surface area contributed by atoms with Gasteiger partial charge in [-0.25, -0.2) is 14.8 Å². The highest BCUT2D eigenvalue weighted by Gasteiger charge is 2.32. The van der Waals surface area contributed by atoms with Crippen LogP contribution in [-0.2, 0) is 34.4 Å². The van der Waals surface area contributed by atoms with E-state index in [1.807, 2.05) is 96.8 Å². The van der Waals surface area contributed by atoms with Gasteiger partial charge < -0.3 is 20.1 Å². The number of nitrogens with one attached hydrogen (secondary N) is 3. The predicted octanol–water partition coefficient (Wildman–Crippen LogP) is 7.32. The molecule has 1 unspecified atom stereocenters. The number of aromatic nitrogens is 4. The molecular weight excluding hydrogens is 883 g/mol. The number of carboxylic acid groups (broad SMARTS) is 1. The fourth-order valence-corrected chi connectivity index (χ4v) is 10.6. The van der Waals surface area contributed by atoms with E-state index in [1.165, 1.54) is 11.3 Å². The summed E-state index contributed by atoms with van der Waals surface area (Å²) in [6.45, 7) is 5.17. The van der Waals surface area contributed by atoms with Gasteiger partial charge in [0, 0.05) is 55.3 Å². The van der Waals surface area contributed by atoms with E-state index in [9.17, 15) is 29.1 Å². The molecule has 0 aliphatic carbocycles. The number of hydrogen-bond donors (Lipinski definition) is 4. The van der Waals surface area contributed by atoms with Crippen molar-refractivity contribution in [1.29, 1.82) is 0 Å². The zero-order valence-electron chi connectivity index (χ0n) is 37.6. The Morgan fingerprint density at radius 3 is 2.60 bits per heavy atom. The first-order valence-corrected chi connectivity index (χ1v) is 23.6. The minimum atomic E-state index is -1.14. The largest absolute Gasteiger partial charge is 0.493 e. The summed E-state index contributed by atoms with van der Waals surface area (Å²) in [5.41, 5.74) is 7.29. The number of para-hydroxylation sites is 1. The van der Waals surface area contributed by atoms with Gasteiger partial charge in [0.25, 0.3) is 5.91 Å². The summed E-state index contributed by atoms with van der Waals surface area (Å²) in [4.78, 5) is 77.3. The van der Waals surface area contributed by atoms with Crippen molar-refractivity contribution in [3.8, 4) is 16.9 Å². The fourth-order valence-electron chi connectivity index (χ4n) is 9.75. The summed E-state index contributed by atoms with van der Waals surface area (Å²) in [6, 6.07) is 28.3. The highest BCUT2D eigenvalue weighted by molar-refractivity contribution is 7.22. The molecule has 4 amide bonds. The van der Waals surface area contributed by atoms with Crippen molar-refractivity contribution in [3.05, 3.63) is 125 Å². The average Bonchev–Trinajstić information content (AvgIpc) is 4.05. The third kappa shape index (κ3) is 9.01. The Bertz CT molecular complexity index is 3130. The smallest absolute Gasteiger partial charge is 0.355 e. The number of aromatic carboxylic acids is 1. The van der Waals surface area contributed by atoms with E-state index in [4.69, 9.17) is 9.72 Å². The lowest BCUT2D eigenvalue weighted by atomic mass is 9.93. The first-order valence-electron chi connectivity index (χ1n) is 22.8. The Kier molecular flexibility index (Phi) is 12.2. The molecule has 3 aliphatic heterocycles. The number of carbonyl (C=O) groups is 5. The fraction of sp³-hybridized carbons (Fsp3) is 0.294. The summed E-state index contributed by atoms with van der Waals surface area (Å²) in [5, 5.41) is 24.8. The number of rotatable bonds is 13. The van der Waals surface area contributed by atoms with Gasteiger partial charge in [0.2, 0.25) is 17.7 Å². The number of carboxylic acids is 1. The molecule has 17 heteroatoms. The molecule has 2 fully saturated rings. The maximum Gasteiger partial charge on any atom is 0.355 e. The van der Waals surface area contributed by atoms with Crippen LogP contribution in [0.15, 0.2) is 91.0 Å². The SMILES string of the molecule is Cc1c(OCC[C@@H]2CCN(CC(=O)Nc3ccc4c(C5CCC(=O)NC5=O)nn(C)c4c3)C2)cccc1-c1ccc(N2CCc3cccc(C(=O)Nc4nc5ccccc5s4)c3C2)nc1C(=O)O. The minimum absolute atomic E-state index is 0.0676. The molecule has 4 N–H and O–H groups in total. The number of ether oxygens (including phenoxy) is 1. The summed E-state index contributed by atoms with van der Waals surface area (Å²) in [5.74, 6) is -1.11. The quantitative estimate of drug-likeness (QED) is 0.0842. The molecule has 16 nitrogen and oxygen atoms in total. The Morgan fingerprint density at radius 1 is 0.912 bits per heavy atom. The molecule has 6 heterocycles. The van der Waals surface area contributed by atoms with Crippen molar-refractivity contribution in [3.63, 3.8) is 0 Å². The number of pyridine rings is 1. The van der Waals surface area contributed by atoms with Gasteiger partial charge >= 0.3 is 5.97 Å². The van der Waals surface area contributed by atoms with E-state index in [-0.39, 0.29) is 42.3 Å². The van der Waals surface area contributed by atoms with Crippen molar-refractivity contribution in [2.75, 3.05) is 48.3 Å². The van der Waals surface area contributed by atoms with Crippen LogP contribution in [-0.4, -0.2) is 92.1 Å². The van der Waals surface area contributed by atoms with Gasteiger partial charge in [-0.3, -0.25) is 39.4 Å². The van der Waals surface area contributed by atoms with Gasteiger partial charge in [-0.1, -0.05) is 47.7 Å². The van der Waals surface area contributed by atoms with Crippen molar-refractivity contribution < 1.29 is 33.8 Å². The second-order valence-corrected chi connectivity index (χ2v) is 18.7. The summed E-state index contributed by atoms with van der Waals surface area (Å²) >= 11 is 1.42. The van der Waals surface area contributed by atoms with Crippen molar-refractivity contribution in [1.82, 2.24) is 30.0 Å². The molecule has 10 rings (SSSR count). The van der Waals surface area contributed by atoms with Crippen molar-refractivity contribution in [2.45, 2.75) is 51.5 Å². The van der Waals surface area contributed by atoms with Crippen LogP contribution in [0, 0.1) is 12.8 Å². The van der Waals surface area contributed by atoms with E-state index < -0.39 is 11.9 Å². The van der Waals surface area contributed by atoms with Crippen LogP contribution in [0.5, 0.6) is 5.75 Å². The number of piperidine rings is 1. The van der Waals surface area contributed by atoms with E-state index in [0.29, 0.717) is 83.2 Å². The number of amides is 4. The number of thiazole rings is 1. The van der Waals surface area contributed by atoms with Crippen molar-refractivity contribution >= 4 is 78.7 Å². The first kappa shape index (κ1) is 44.3. The van der Waals surface area contributed by atoms with Gasteiger partial charge in [0.05, 0.1) is 40.5 Å². The summed E-state index contributed by atoms with van der Waals surface area (Å²) in [6.07, 6.45) is 3.06. The van der Waals surface area contributed by atoms with Gasteiger partial charge in [-0.2, -0.15) is 5.10 Å². The van der Waals surface area contributed by atoms with Gasteiger partial charge in [0.15, 0.2) is 10.8 Å². The summed E-state index contributed by atoms with van der Waals surface area (Å²) < 4.78 is 9.01. The lowest BCUT2D eigenvalue weighted by Gasteiger charge is -2.31. The van der Waals surface area contributed by atoms with Crippen LogP contribution in [0.2, 0.25) is 0 Å². The Labute approximate surface area is 395 Å². The molecule has 2 saturated heterocycles. The maximum atomic E-state index is 13.6. The second kappa shape index (κ2) is 18.6. The Balaban J connectivity index is 0.744. The molecule has 346 valence electrons. The molecule has 0 spiro atoms. The molecular formula is C51H49N9O7S. The second-order valence-electron chi connectivity index (χ2n) is 17.7. The summed E-state index contributed by atoms with van der Waals surface area (Å²) in [7, 11) is 1.80. The van der Waals surface area contributed by atoms with Crippen LogP contribution < -0.4 is 25.6 Å². The third-order valence-corrected chi connectivity index (χ3v) is 14.2. The molecule has 7 aromatic rings. The number of fused-ring (bicyclic) bond motifs is 3. The number of carbonyl (C=O) groups excluding carboxylic acids is 4. The zero-order valence-corrected chi connectivity index (χ0v) is 38.4. The molecule has 0 bridgehead atoms. The minimum Gasteiger partial charge on any atom is -0.493 e. The molecule has 68 heavy (non-hydrogen) atoms. The molecule has 4 aromatic carbocycles. The molecule has 3 aromatic heterocycles. The van der Waals surface area contributed by atoms with E-state index >= 15 is 0 Å². The monoisotopic (exact) mass is 931 g/mol. The van der Waals surface area contributed by atoms with E-state index in [0.717, 1.165) is 63.7 Å². The van der Waals surface area contributed by atoms with Crippen molar-refractivity contribution in [2.24, 2.45) is 13.0 Å². The van der Waals surface area contributed by atoms with Gasteiger partial charge in [-0.05, 0) is 122 Å². The number of nitrogens with zero attached hydrogens (tertiary/aromatic N) is 6. The zero-order chi connectivity index (χ0) is 47.1. The number of hydrogen-bond acceptors (Lipinski definition) is 12. The van der Waals surface area contributed by atoms with Gasteiger partial charge in [-0.15, -0.1) is 0 Å². The maximum absolute atomic E-state index is 13.6. The van der Waals surface area contributed by atoms with E-state index in [2.05, 4.69) is 30.9 Å². The normalized spacial score (nSPS) is 17.3.